The van der Waals surface area contributed by atoms with Gasteiger partial charge in [0.15, 0.2) is 0 Å². The van der Waals surface area contributed by atoms with Crippen molar-refractivity contribution >= 4 is 11.6 Å². The third-order valence-electron chi connectivity index (χ3n) is 3.16. The lowest BCUT2D eigenvalue weighted by atomic mass is 9.99. The van der Waals surface area contributed by atoms with Crippen molar-refractivity contribution in [2.24, 2.45) is 5.92 Å². The first kappa shape index (κ1) is 12.8. The zero-order valence-corrected chi connectivity index (χ0v) is 11.0. The van der Waals surface area contributed by atoms with Gasteiger partial charge in [0, 0.05) is 20.2 Å². The summed E-state index contributed by atoms with van der Waals surface area (Å²) in [5, 5.41) is 0.577. The van der Waals surface area contributed by atoms with Crippen molar-refractivity contribution in [3.05, 3.63) is 29.0 Å². The smallest absolute Gasteiger partial charge is 0.129 e. The molecule has 1 aromatic rings. The lowest BCUT2D eigenvalue weighted by molar-refractivity contribution is 0.0868. The topological polar surface area (TPSA) is 25.4 Å². The van der Waals surface area contributed by atoms with Crippen molar-refractivity contribution in [2.45, 2.75) is 19.4 Å². The van der Waals surface area contributed by atoms with E-state index in [4.69, 9.17) is 16.3 Å². The second kappa shape index (κ2) is 6.34. The van der Waals surface area contributed by atoms with E-state index in [1.54, 1.807) is 7.11 Å². The fourth-order valence-corrected chi connectivity index (χ4v) is 2.62. The van der Waals surface area contributed by atoms with Gasteiger partial charge in [0.2, 0.25) is 0 Å². The van der Waals surface area contributed by atoms with Gasteiger partial charge in [-0.3, -0.25) is 4.90 Å². The second-order valence-corrected chi connectivity index (χ2v) is 5.04. The lowest BCUT2D eigenvalue weighted by Crippen LogP contribution is -2.36. The summed E-state index contributed by atoms with van der Waals surface area (Å²) in [7, 11) is 1.78. The normalized spacial score (nSPS) is 21.6. The molecular weight excluding hydrogens is 236 g/mol. The van der Waals surface area contributed by atoms with E-state index in [9.17, 15) is 0 Å². The van der Waals surface area contributed by atoms with E-state index in [2.05, 4.69) is 9.88 Å². The number of ether oxygens (including phenoxy) is 1. The molecule has 1 unspecified atom stereocenters. The number of piperidine rings is 1. The molecule has 2 heterocycles. The first-order valence-electron chi connectivity index (χ1n) is 6.10. The number of aromatic nitrogens is 1. The van der Waals surface area contributed by atoms with Gasteiger partial charge in [-0.2, -0.15) is 0 Å². The van der Waals surface area contributed by atoms with Crippen LogP contribution in [0.4, 0.5) is 0 Å². The summed E-state index contributed by atoms with van der Waals surface area (Å²) in [6, 6.07) is 5.81. The number of hydrogen-bond donors (Lipinski definition) is 0. The van der Waals surface area contributed by atoms with Gasteiger partial charge in [-0.25, -0.2) is 4.98 Å². The molecule has 1 aliphatic heterocycles. The molecule has 0 radical (unpaired) electrons. The van der Waals surface area contributed by atoms with Crippen LogP contribution in [0.3, 0.4) is 0 Å². The van der Waals surface area contributed by atoms with Crippen molar-refractivity contribution in [3.63, 3.8) is 0 Å². The van der Waals surface area contributed by atoms with Gasteiger partial charge in [0.1, 0.15) is 5.15 Å². The van der Waals surface area contributed by atoms with E-state index in [0.29, 0.717) is 11.1 Å². The molecule has 0 spiro atoms. The molecule has 1 saturated heterocycles. The van der Waals surface area contributed by atoms with Gasteiger partial charge in [0.25, 0.3) is 0 Å². The monoisotopic (exact) mass is 254 g/mol. The van der Waals surface area contributed by atoms with Gasteiger partial charge in [-0.1, -0.05) is 17.7 Å². The highest BCUT2D eigenvalue weighted by Crippen LogP contribution is 2.18. The van der Waals surface area contributed by atoms with Crippen LogP contribution in [0.1, 0.15) is 18.5 Å². The summed E-state index contributed by atoms with van der Waals surface area (Å²) in [6.45, 7) is 4.00. The van der Waals surface area contributed by atoms with E-state index >= 15 is 0 Å². The number of pyridine rings is 1. The van der Waals surface area contributed by atoms with Crippen molar-refractivity contribution in [1.82, 2.24) is 9.88 Å². The van der Waals surface area contributed by atoms with Crippen molar-refractivity contribution in [3.8, 4) is 0 Å². The highest BCUT2D eigenvalue weighted by molar-refractivity contribution is 6.29. The van der Waals surface area contributed by atoms with Gasteiger partial charge in [-0.15, -0.1) is 0 Å². The summed E-state index contributed by atoms with van der Waals surface area (Å²) in [4.78, 5) is 6.77. The minimum absolute atomic E-state index is 0.577. The average molecular weight is 255 g/mol. The second-order valence-electron chi connectivity index (χ2n) is 4.65. The molecule has 0 bridgehead atoms. The van der Waals surface area contributed by atoms with Crippen molar-refractivity contribution in [2.75, 3.05) is 26.8 Å². The Balaban J connectivity index is 1.90. The molecule has 17 heavy (non-hydrogen) atoms. The summed E-state index contributed by atoms with van der Waals surface area (Å²) in [6.07, 6.45) is 2.52. The molecule has 1 aliphatic rings. The molecule has 0 N–H and O–H groups in total. The van der Waals surface area contributed by atoms with Crippen LogP contribution in [0.2, 0.25) is 5.15 Å². The Morgan fingerprint density at radius 3 is 3.18 bits per heavy atom. The fraction of sp³-hybridized carbons (Fsp3) is 0.615. The number of nitrogens with zero attached hydrogens (tertiary/aromatic N) is 2. The number of halogens is 1. The molecule has 1 aromatic heterocycles. The highest BCUT2D eigenvalue weighted by atomic mass is 35.5. The van der Waals surface area contributed by atoms with Crippen LogP contribution in [-0.2, 0) is 11.3 Å². The molecule has 0 aromatic carbocycles. The van der Waals surface area contributed by atoms with Crippen molar-refractivity contribution in [1.29, 1.82) is 0 Å². The maximum absolute atomic E-state index is 5.89. The van der Waals surface area contributed by atoms with Crippen LogP contribution < -0.4 is 0 Å². The Labute approximate surface area is 108 Å². The van der Waals surface area contributed by atoms with Crippen molar-refractivity contribution < 1.29 is 4.74 Å². The maximum atomic E-state index is 5.89. The zero-order valence-electron chi connectivity index (χ0n) is 10.2. The van der Waals surface area contributed by atoms with Crippen LogP contribution in [0.15, 0.2) is 18.2 Å². The Bertz CT molecular complexity index is 357. The molecule has 1 atom stereocenters. The first-order valence-corrected chi connectivity index (χ1v) is 6.48. The summed E-state index contributed by atoms with van der Waals surface area (Å²) in [5.41, 5.74) is 1.05. The summed E-state index contributed by atoms with van der Waals surface area (Å²) < 4.78 is 5.24. The maximum Gasteiger partial charge on any atom is 0.129 e. The third kappa shape index (κ3) is 3.95. The van der Waals surface area contributed by atoms with Crippen LogP contribution in [-0.4, -0.2) is 36.7 Å². The minimum Gasteiger partial charge on any atom is -0.384 e. The number of rotatable bonds is 4. The van der Waals surface area contributed by atoms with E-state index in [1.165, 1.54) is 12.8 Å². The molecule has 0 amide bonds. The Hall–Kier alpha value is -0.640. The summed E-state index contributed by atoms with van der Waals surface area (Å²) >= 11 is 5.89. The number of hydrogen-bond acceptors (Lipinski definition) is 3. The molecule has 1 fully saturated rings. The first-order chi connectivity index (χ1) is 8.28. The standard InChI is InChI=1S/C13H19ClN2O/c1-17-10-11-4-3-7-16(8-11)9-12-5-2-6-13(14)15-12/h2,5-6,11H,3-4,7-10H2,1H3. The van der Waals surface area contributed by atoms with Crippen LogP contribution in [0, 0.1) is 5.92 Å². The zero-order chi connectivity index (χ0) is 12.1. The Morgan fingerprint density at radius 2 is 2.41 bits per heavy atom. The SMILES string of the molecule is COCC1CCCN(Cc2cccc(Cl)n2)C1. The van der Waals surface area contributed by atoms with Crippen LogP contribution in [0.25, 0.3) is 0 Å². The van der Waals surface area contributed by atoms with Crippen LogP contribution in [0.5, 0.6) is 0 Å². The van der Waals surface area contributed by atoms with E-state index in [1.807, 2.05) is 18.2 Å². The van der Waals surface area contributed by atoms with E-state index in [-0.39, 0.29) is 0 Å². The van der Waals surface area contributed by atoms with Gasteiger partial charge in [0.05, 0.1) is 12.3 Å². The third-order valence-corrected chi connectivity index (χ3v) is 3.37. The Kier molecular flexibility index (Phi) is 4.77. The Morgan fingerprint density at radius 1 is 1.53 bits per heavy atom. The molecule has 2 rings (SSSR count). The number of likely N-dealkylation sites (tertiary alicyclic amines) is 1. The largest absolute Gasteiger partial charge is 0.384 e. The minimum atomic E-state index is 0.577. The predicted molar refractivity (Wildman–Crippen MR) is 69.1 cm³/mol. The highest BCUT2D eigenvalue weighted by Gasteiger charge is 2.19. The van der Waals surface area contributed by atoms with Gasteiger partial charge in [-0.05, 0) is 37.4 Å². The van der Waals surface area contributed by atoms with Gasteiger partial charge >= 0.3 is 0 Å². The van der Waals surface area contributed by atoms with Gasteiger partial charge < -0.3 is 4.74 Å². The molecule has 94 valence electrons. The molecule has 0 saturated carbocycles. The molecule has 3 nitrogen and oxygen atoms in total. The summed E-state index contributed by atoms with van der Waals surface area (Å²) in [5.74, 6) is 0.660. The quantitative estimate of drug-likeness (QED) is 0.773. The fourth-order valence-electron chi connectivity index (χ4n) is 2.43. The predicted octanol–water partition coefficient (Wildman–Crippen LogP) is 2.59. The molecular formula is C13H19ClN2O. The number of methoxy groups -OCH3 is 1. The average Bonchev–Trinajstić information content (AvgIpc) is 2.30. The molecule has 0 aliphatic carbocycles. The lowest BCUT2D eigenvalue weighted by Gasteiger charge is -2.32. The van der Waals surface area contributed by atoms with E-state index < -0.39 is 0 Å². The van der Waals surface area contributed by atoms with E-state index in [0.717, 1.165) is 31.9 Å². The van der Waals surface area contributed by atoms with Crippen LogP contribution >= 0.6 is 11.6 Å². The molecule has 4 heteroatoms.